The van der Waals surface area contributed by atoms with Crippen LogP contribution in [0.5, 0.6) is 0 Å². The van der Waals surface area contributed by atoms with Gasteiger partial charge in [0.1, 0.15) is 11.4 Å². The topological polar surface area (TPSA) is 74.6 Å². The van der Waals surface area contributed by atoms with Crippen LogP contribution in [0.1, 0.15) is 33.6 Å². The van der Waals surface area contributed by atoms with E-state index in [-0.39, 0.29) is 24.4 Å². The van der Waals surface area contributed by atoms with Gasteiger partial charge in [0.25, 0.3) is 0 Å². The molecule has 0 aliphatic heterocycles. The minimum absolute atomic E-state index is 0.106. The third-order valence-electron chi connectivity index (χ3n) is 2.95. The summed E-state index contributed by atoms with van der Waals surface area (Å²) in [6.45, 7) is 4.80. The zero-order chi connectivity index (χ0) is 12.6. The molecule has 1 rings (SSSR count). The molecule has 0 aromatic rings. The van der Waals surface area contributed by atoms with Gasteiger partial charge in [0.15, 0.2) is 5.78 Å². The van der Waals surface area contributed by atoms with Crippen molar-refractivity contribution in [3.63, 3.8) is 0 Å². The molecule has 4 nitrogen and oxygen atoms in total. The number of aliphatic hydroxyl groups excluding tert-OH is 1. The molecule has 2 atom stereocenters. The molecule has 2 N–H and O–H groups in total. The van der Waals surface area contributed by atoms with Crippen molar-refractivity contribution >= 4 is 11.6 Å². The number of carbonyl (C=O) groups excluding carboxylic acids is 2. The molecule has 0 spiro atoms. The maximum atomic E-state index is 11.5. The highest BCUT2D eigenvalue weighted by molar-refractivity contribution is 5.88. The standard InChI is InChI=1S/C12H18O4/c1-8(13)4-5-12(16)7-9(14)6-11(2,3)10(12)15/h4-5,10,15-16H,6-7H2,1-3H3/b5-4+/t10-,12?/m1/s1. The van der Waals surface area contributed by atoms with E-state index < -0.39 is 17.1 Å². The number of rotatable bonds is 2. The Kier molecular flexibility index (Phi) is 3.35. The van der Waals surface area contributed by atoms with Gasteiger partial charge in [-0.25, -0.2) is 0 Å². The van der Waals surface area contributed by atoms with Gasteiger partial charge in [-0.15, -0.1) is 0 Å². The summed E-state index contributed by atoms with van der Waals surface area (Å²) < 4.78 is 0. The molecule has 16 heavy (non-hydrogen) atoms. The Bertz CT molecular complexity index is 343. The summed E-state index contributed by atoms with van der Waals surface area (Å²) >= 11 is 0. The van der Waals surface area contributed by atoms with E-state index in [0.717, 1.165) is 0 Å². The Labute approximate surface area is 95.0 Å². The number of carbonyl (C=O) groups is 2. The predicted octanol–water partition coefficient (Wildman–Crippen LogP) is 0.613. The highest BCUT2D eigenvalue weighted by atomic mass is 16.3. The van der Waals surface area contributed by atoms with Gasteiger partial charge in [0, 0.05) is 18.3 Å². The van der Waals surface area contributed by atoms with Crippen LogP contribution in [0.25, 0.3) is 0 Å². The molecule has 0 bridgehead atoms. The fourth-order valence-electron chi connectivity index (χ4n) is 2.17. The molecule has 4 heteroatoms. The lowest BCUT2D eigenvalue weighted by Gasteiger charge is -2.44. The smallest absolute Gasteiger partial charge is 0.152 e. The largest absolute Gasteiger partial charge is 0.389 e. The summed E-state index contributed by atoms with van der Waals surface area (Å²) in [4.78, 5) is 22.3. The van der Waals surface area contributed by atoms with Gasteiger partial charge in [0.2, 0.25) is 0 Å². The molecule has 90 valence electrons. The number of aliphatic hydroxyl groups is 2. The zero-order valence-electron chi connectivity index (χ0n) is 9.86. The maximum absolute atomic E-state index is 11.5. The summed E-state index contributed by atoms with van der Waals surface area (Å²) in [6, 6.07) is 0. The van der Waals surface area contributed by atoms with E-state index >= 15 is 0 Å². The van der Waals surface area contributed by atoms with E-state index in [9.17, 15) is 19.8 Å². The number of hydrogen-bond acceptors (Lipinski definition) is 4. The van der Waals surface area contributed by atoms with E-state index in [0.29, 0.717) is 0 Å². The highest BCUT2D eigenvalue weighted by Crippen LogP contribution is 2.40. The average molecular weight is 226 g/mol. The Hall–Kier alpha value is -1.00. The van der Waals surface area contributed by atoms with Gasteiger partial charge >= 0.3 is 0 Å². The Morgan fingerprint density at radius 2 is 2.00 bits per heavy atom. The average Bonchev–Trinajstić information content (AvgIpc) is 2.10. The van der Waals surface area contributed by atoms with E-state index in [1.54, 1.807) is 13.8 Å². The van der Waals surface area contributed by atoms with Crippen molar-refractivity contribution in [3.8, 4) is 0 Å². The minimum Gasteiger partial charge on any atom is -0.389 e. The van der Waals surface area contributed by atoms with Crippen LogP contribution in [0.15, 0.2) is 12.2 Å². The zero-order valence-corrected chi connectivity index (χ0v) is 9.86. The number of ketones is 2. The summed E-state index contributed by atoms with van der Waals surface area (Å²) in [7, 11) is 0. The quantitative estimate of drug-likeness (QED) is 0.677. The van der Waals surface area contributed by atoms with Gasteiger partial charge in [-0.2, -0.15) is 0 Å². The van der Waals surface area contributed by atoms with Crippen LogP contribution < -0.4 is 0 Å². The Morgan fingerprint density at radius 3 is 2.50 bits per heavy atom. The second-order valence-corrected chi connectivity index (χ2v) is 5.22. The fourth-order valence-corrected chi connectivity index (χ4v) is 2.17. The minimum atomic E-state index is -1.62. The van der Waals surface area contributed by atoms with E-state index in [4.69, 9.17) is 0 Å². The first-order valence-electron chi connectivity index (χ1n) is 5.29. The van der Waals surface area contributed by atoms with Crippen LogP contribution in [0, 0.1) is 5.41 Å². The Balaban J connectivity index is 3.01. The summed E-state index contributed by atoms with van der Waals surface area (Å²) in [5.41, 5.74) is -2.30. The van der Waals surface area contributed by atoms with E-state index in [1.165, 1.54) is 19.1 Å². The molecule has 1 aliphatic carbocycles. The molecule has 0 aromatic carbocycles. The van der Waals surface area contributed by atoms with Gasteiger partial charge in [0.05, 0.1) is 6.10 Å². The van der Waals surface area contributed by atoms with Crippen molar-refractivity contribution in [2.45, 2.75) is 45.3 Å². The SMILES string of the molecule is CC(=O)/C=C/C1(O)CC(=O)CC(C)(C)[C@H]1O. The van der Waals surface area contributed by atoms with Gasteiger partial charge in [-0.05, 0) is 19.1 Å². The summed E-state index contributed by atoms with van der Waals surface area (Å²) in [5.74, 6) is -0.331. The van der Waals surface area contributed by atoms with Crippen molar-refractivity contribution in [1.82, 2.24) is 0 Å². The lowest BCUT2D eigenvalue weighted by Crippen LogP contribution is -2.55. The third-order valence-corrected chi connectivity index (χ3v) is 2.95. The molecule has 0 aromatic heterocycles. The van der Waals surface area contributed by atoms with Gasteiger partial charge in [-0.3, -0.25) is 9.59 Å². The second kappa shape index (κ2) is 4.11. The second-order valence-electron chi connectivity index (χ2n) is 5.22. The normalized spacial score (nSPS) is 34.3. The molecule has 0 amide bonds. The monoisotopic (exact) mass is 226 g/mol. The van der Waals surface area contributed by atoms with Crippen LogP contribution in [0.4, 0.5) is 0 Å². The number of allylic oxidation sites excluding steroid dienone is 1. The molecule has 0 radical (unpaired) electrons. The van der Waals surface area contributed by atoms with Gasteiger partial charge in [-0.1, -0.05) is 13.8 Å². The van der Waals surface area contributed by atoms with Crippen molar-refractivity contribution in [3.05, 3.63) is 12.2 Å². The molecule has 1 saturated carbocycles. The molecular formula is C12H18O4. The lowest BCUT2D eigenvalue weighted by molar-refractivity contribution is -0.153. The van der Waals surface area contributed by atoms with Crippen LogP contribution in [-0.4, -0.2) is 33.5 Å². The predicted molar refractivity (Wildman–Crippen MR) is 58.8 cm³/mol. The summed E-state index contributed by atoms with van der Waals surface area (Å²) in [6.07, 6.45) is 1.48. The Morgan fingerprint density at radius 1 is 1.44 bits per heavy atom. The number of hydrogen-bond donors (Lipinski definition) is 2. The maximum Gasteiger partial charge on any atom is 0.152 e. The van der Waals surface area contributed by atoms with E-state index in [2.05, 4.69) is 0 Å². The lowest BCUT2D eigenvalue weighted by atomic mass is 9.66. The highest BCUT2D eigenvalue weighted by Gasteiger charge is 2.49. The first-order chi connectivity index (χ1) is 7.17. The van der Waals surface area contributed by atoms with Gasteiger partial charge < -0.3 is 10.2 Å². The van der Waals surface area contributed by atoms with Crippen LogP contribution in [-0.2, 0) is 9.59 Å². The molecule has 1 fully saturated rings. The van der Waals surface area contributed by atoms with Crippen LogP contribution in [0.2, 0.25) is 0 Å². The van der Waals surface area contributed by atoms with E-state index in [1.807, 2.05) is 0 Å². The fraction of sp³-hybridized carbons (Fsp3) is 0.667. The van der Waals surface area contributed by atoms with Crippen molar-refractivity contribution in [2.75, 3.05) is 0 Å². The first kappa shape index (κ1) is 13.1. The molecule has 1 unspecified atom stereocenters. The molecule has 0 heterocycles. The van der Waals surface area contributed by atoms with Crippen LogP contribution >= 0.6 is 0 Å². The van der Waals surface area contributed by atoms with Crippen molar-refractivity contribution in [2.24, 2.45) is 5.41 Å². The summed E-state index contributed by atoms with van der Waals surface area (Å²) in [5, 5.41) is 20.2. The molecule has 1 aliphatic rings. The number of Topliss-reactive ketones (excluding diaryl/α,β-unsaturated/α-hetero) is 1. The van der Waals surface area contributed by atoms with Crippen molar-refractivity contribution in [1.29, 1.82) is 0 Å². The van der Waals surface area contributed by atoms with Crippen LogP contribution in [0.3, 0.4) is 0 Å². The van der Waals surface area contributed by atoms with Crippen molar-refractivity contribution < 1.29 is 19.8 Å². The third kappa shape index (κ3) is 2.57. The molecule has 0 saturated heterocycles. The molecular weight excluding hydrogens is 208 g/mol. The first-order valence-corrected chi connectivity index (χ1v) is 5.29.